The quantitative estimate of drug-likeness (QED) is 0.777. The van der Waals surface area contributed by atoms with Gasteiger partial charge in [0, 0.05) is 11.8 Å². The summed E-state index contributed by atoms with van der Waals surface area (Å²) in [6, 6.07) is 10.2. The van der Waals surface area contributed by atoms with Crippen molar-refractivity contribution < 1.29 is 4.79 Å². The summed E-state index contributed by atoms with van der Waals surface area (Å²) in [5, 5.41) is 5.91. The topological polar surface area (TPSA) is 68.0 Å². The van der Waals surface area contributed by atoms with Crippen LogP contribution in [0, 0.1) is 5.92 Å². The summed E-state index contributed by atoms with van der Waals surface area (Å²) in [5.41, 5.74) is 7.18. The zero-order valence-corrected chi connectivity index (χ0v) is 14.6. The molecular formula is C18H25N3OS. The van der Waals surface area contributed by atoms with Crippen LogP contribution in [0.25, 0.3) is 0 Å². The van der Waals surface area contributed by atoms with Crippen LogP contribution in [-0.4, -0.2) is 17.4 Å². The fraction of sp³-hybridized carbons (Fsp3) is 0.444. The van der Waals surface area contributed by atoms with Crippen LogP contribution in [0.4, 0.5) is 0 Å². The van der Waals surface area contributed by atoms with Crippen molar-refractivity contribution in [3.8, 4) is 0 Å². The van der Waals surface area contributed by atoms with Gasteiger partial charge in [-0.1, -0.05) is 57.0 Å². The van der Waals surface area contributed by atoms with E-state index in [1.54, 1.807) is 0 Å². The molecule has 1 amide bonds. The Balaban J connectivity index is 2.17. The van der Waals surface area contributed by atoms with E-state index in [0.717, 1.165) is 23.4 Å². The minimum atomic E-state index is -0.106. The number of nitrogens with zero attached hydrogens (tertiary/aromatic N) is 1. The fourth-order valence-electron chi connectivity index (χ4n) is 2.76. The van der Waals surface area contributed by atoms with E-state index in [4.69, 9.17) is 5.73 Å². The van der Waals surface area contributed by atoms with Gasteiger partial charge in [0.1, 0.15) is 5.69 Å². The maximum atomic E-state index is 12.6. The number of hydrogen-bond donors (Lipinski definition) is 2. The van der Waals surface area contributed by atoms with Gasteiger partial charge in [-0.25, -0.2) is 4.98 Å². The van der Waals surface area contributed by atoms with Crippen molar-refractivity contribution in [3.63, 3.8) is 0 Å². The van der Waals surface area contributed by atoms with E-state index in [1.807, 2.05) is 23.6 Å². The minimum Gasteiger partial charge on any atom is -0.344 e. The first-order chi connectivity index (χ1) is 11.2. The molecule has 0 saturated carbocycles. The number of amides is 1. The van der Waals surface area contributed by atoms with Crippen molar-refractivity contribution in [2.24, 2.45) is 11.7 Å². The van der Waals surface area contributed by atoms with Crippen LogP contribution in [-0.2, 0) is 6.42 Å². The van der Waals surface area contributed by atoms with Gasteiger partial charge in [-0.3, -0.25) is 4.79 Å². The van der Waals surface area contributed by atoms with Gasteiger partial charge in [0.05, 0.1) is 11.0 Å². The largest absolute Gasteiger partial charge is 0.344 e. The van der Waals surface area contributed by atoms with Gasteiger partial charge in [-0.05, 0) is 18.0 Å². The first-order valence-corrected chi connectivity index (χ1v) is 9.07. The van der Waals surface area contributed by atoms with Gasteiger partial charge < -0.3 is 11.1 Å². The van der Waals surface area contributed by atoms with E-state index in [2.05, 4.69) is 36.3 Å². The summed E-state index contributed by atoms with van der Waals surface area (Å²) in [6.07, 6.45) is 2.75. The molecule has 2 rings (SSSR count). The van der Waals surface area contributed by atoms with E-state index in [1.165, 1.54) is 11.3 Å². The Morgan fingerprint density at radius 2 is 1.96 bits per heavy atom. The summed E-state index contributed by atoms with van der Waals surface area (Å²) < 4.78 is 0. The molecule has 23 heavy (non-hydrogen) atoms. The third-order valence-electron chi connectivity index (χ3n) is 4.11. The van der Waals surface area contributed by atoms with Crippen LogP contribution in [0.15, 0.2) is 35.7 Å². The van der Waals surface area contributed by atoms with Crippen LogP contribution in [0.1, 0.15) is 53.8 Å². The molecular weight excluding hydrogens is 306 g/mol. The Kier molecular flexibility index (Phi) is 6.74. The Hall–Kier alpha value is -1.72. The summed E-state index contributed by atoms with van der Waals surface area (Å²) in [5.74, 6) is 0.300. The predicted molar refractivity (Wildman–Crippen MR) is 95.6 cm³/mol. The second-order valence-electron chi connectivity index (χ2n) is 5.60. The fourth-order valence-corrected chi connectivity index (χ4v) is 3.56. The first kappa shape index (κ1) is 17.6. The second kappa shape index (κ2) is 8.79. The van der Waals surface area contributed by atoms with Crippen LogP contribution in [0.3, 0.4) is 0 Å². The number of rotatable bonds is 8. The summed E-state index contributed by atoms with van der Waals surface area (Å²) in [4.78, 5) is 17.0. The van der Waals surface area contributed by atoms with Gasteiger partial charge >= 0.3 is 0 Å². The molecule has 1 atom stereocenters. The monoisotopic (exact) mass is 331 g/mol. The lowest BCUT2D eigenvalue weighted by Gasteiger charge is -2.26. The average molecular weight is 331 g/mol. The van der Waals surface area contributed by atoms with Crippen LogP contribution < -0.4 is 11.1 Å². The van der Waals surface area contributed by atoms with E-state index < -0.39 is 0 Å². The molecule has 3 N–H and O–H groups in total. The van der Waals surface area contributed by atoms with Crippen LogP contribution >= 0.6 is 11.3 Å². The number of thiazole rings is 1. The van der Waals surface area contributed by atoms with Crippen molar-refractivity contribution in [1.29, 1.82) is 0 Å². The highest BCUT2D eigenvalue weighted by molar-refractivity contribution is 7.09. The smallest absolute Gasteiger partial charge is 0.271 e. The molecule has 1 aromatic heterocycles. The molecule has 0 saturated heterocycles. The third kappa shape index (κ3) is 4.62. The van der Waals surface area contributed by atoms with Gasteiger partial charge in [-0.2, -0.15) is 0 Å². The summed E-state index contributed by atoms with van der Waals surface area (Å²) in [6.45, 7) is 4.88. The van der Waals surface area contributed by atoms with Crippen LogP contribution in [0.5, 0.6) is 0 Å². The number of carbonyl (C=O) groups excluding carboxylic acids is 1. The molecule has 1 unspecified atom stereocenters. The van der Waals surface area contributed by atoms with Crippen LogP contribution in [0.2, 0.25) is 0 Å². The molecule has 1 heterocycles. The SMILES string of the molecule is CCC(CC)C(NC(=O)c1csc(CCN)n1)c1ccccc1. The van der Waals surface area contributed by atoms with Crippen molar-refractivity contribution in [2.45, 2.75) is 39.2 Å². The predicted octanol–water partition coefficient (Wildman–Crippen LogP) is 3.55. The van der Waals surface area contributed by atoms with E-state index in [0.29, 0.717) is 24.6 Å². The highest BCUT2D eigenvalue weighted by Crippen LogP contribution is 2.27. The Morgan fingerprint density at radius 3 is 2.57 bits per heavy atom. The molecule has 5 heteroatoms. The minimum absolute atomic E-state index is 0.0124. The Bertz CT molecular complexity index is 608. The molecule has 124 valence electrons. The van der Waals surface area contributed by atoms with Crippen molar-refractivity contribution >= 4 is 17.2 Å². The molecule has 0 aliphatic heterocycles. The molecule has 0 radical (unpaired) electrons. The van der Waals surface area contributed by atoms with Gasteiger partial charge in [0.25, 0.3) is 5.91 Å². The number of aromatic nitrogens is 1. The highest BCUT2D eigenvalue weighted by Gasteiger charge is 2.23. The third-order valence-corrected chi connectivity index (χ3v) is 5.02. The molecule has 0 spiro atoms. The second-order valence-corrected chi connectivity index (χ2v) is 6.55. The lowest BCUT2D eigenvalue weighted by Crippen LogP contribution is -2.33. The Morgan fingerprint density at radius 1 is 1.26 bits per heavy atom. The normalized spacial score (nSPS) is 12.3. The molecule has 0 bridgehead atoms. The van der Waals surface area contributed by atoms with Gasteiger partial charge in [-0.15, -0.1) is 11.3 Å². The van der Waals surface area contributed by atoms with Crippen molar-refractivity contribution in [1.82, 2.24) is 10.3 Å². The molecule has 0 aliphatic carbocycles. The Labute approximate surface area is 142 Å². The standard InChI is InChI=1S/C18H25N3OS/c1-3-13(4-2)17(14-8-6-5-7-9-14)21-18(22)15-12-23-16(20-15)10-11-19/h5-9,12-13,17H,3-4,10-11,19H2,1-2H3,(H,21,22). The lowest BCUT2D eigenvalue weighted by atomic mass is 9.88. The highest BCUT2D eigenvalue weighted by atomic mass is 32.1. The number of carbonyl (C=O) groups is 1. The zero-order valence-electron chi connectivity index (χ0n) is 13.8. The van der Waals surface area contributed by atoms with E-state index >= 15 is 0 Å². The lowest BCUT2D eigenvalue weighted by molar-refractivity contribution is 0.0915. The van der Waals surface area contributed by atoms with E-state index in [-0.39, 0.29) is 11.9 Å². The molecule has 0 fully saturated rings. The summed E-state index contributed by atoms with van der Waals surface area (Å²) in [7, 11) is 0. The number of benzene rings is 1. The number of nitrogens with two attached hydrogens (primary N) is 1. The molecule has 2 aromatic rings. The maximum absolute atomic E-state index is 12.6. The van der Waals surface area contributed by atoms with E-state index in [9.17, 15) is 4.79 Å². The molecule has 4 nitrogen and oxygen atoms in total. The maximum Gasteiger partial charge on any atom is 0.271 e. The number of hydrogen-bond acceptors (Lipinski definition) is 4. The van der Waals surface area contributed by atoms with Crippen molar-refractivity contribution in [3.05, 3.63) is 52.0 Å². The molecule has 0 aliphatic rings. The van der Waals surface area contributed by atoms with Crippen molar-refractivity contribution in [2.75, 3.05) is 6.54 Å². The van der Waals surface area contributed by atoms with Gasteiger partial charge in [0.2, 0.25) is 0 Å². The average Bonchev–Trinajstić information content (AvgIpc) is 3.05. The zero-order chi connectivity index (χ0) is 16.7. The number of nitrogens with one attached hydrogen (secondary N) is 1. The van der Waals surface area contributed by atoms with Gasteiger partial charge in [0.15, 0.2) is 0 Å². The summed E-state index contributed by atoms with van der Waals surface area (Å²) >= 11 is 1.49. The molecule has 1 aromatic carbocycles. The first-order valence-electron chi connectivity index (χ1n) is 8.19.